The number of thiocarbonyl (C=S) groups is 1. The Bertz CT molecular complexity index is 362. The highest BCUT2D eigenvalue weighted by molar-refractivity contribution is 7.80. The molecule has 0 spiro atoms. The lowest BCUT2D eigenvalue weighted by molar-refractivity contribution is 0.0977. The maximum atomic E-state index is 11.6. The number of amides is 1. The highest BCUT2D eigenvalue weighted by Gasteiger charge is 2.05. The molecule has 0 unspecified atom stereocenters. The van der Waals surface area contributed by atoms with Gasteiger partial charge in [0.1, 0.15) is 0 Å². The molecular weight excluding hydrogens is 208 g/mol. The van der Waals surface area contributed by atoms with Gasteiger partial charge in [0.15, 0.2) is 5.11 Å². The molecule has 0 aliphatic carbocycles. The lowest BCUT2D eigenvalue weighted by atomic mass is 10.2. The van der Waals surface area contributed by atoms with Gasteiger partial charge in [-0.05, 0) is 24.4 Å². The lowest BCUT2D eigenvalue weighted by Gasteiger charge is -2.07. The minimum atomic E-state index is -0.211. The summed E-state index contributed by atoms with van der Waals surface area (Å²) < 4.78 is 0. The Morgan fingerprint density at radius 3 is 2.67 bits per heavy atom. The van der Waals surface area contributed by atoms with Gasteiger partial charge in [0.2, 0.25) is 0 Å². The monoisotopic (exact) mass is 220 g/mol. The second-order valence-electron chi connectivity index (χ2n) is 2.82. The van der Waals surface area contributed by atoms with Gasteiger partial charge in [-0.1, -0.05) is 24.3 Å². The number of carbonyl (C=O) groups excluding carboxylic acids is 1. The van der Waals surface area contributed by atoms with Crippen molar-refractivity contribution in [1.82, 2.24) is 10.6 Å². The van der Waals surface area contributed by atoms with Crippen LogP contribution in [0, 0.1) is 0 Å². The second-order valence-corrected chi connectivity index (χ2v) is 3.23. The van der Waals surface area contributed by atoms with E-state index in [2.05, 4.69) is 17.2 Å². The molecule has 78 valence electrons. The smallest absolute Gasteiger partial charge is 0.257 e. The summed E-state index contributed by atoms with van der Waals surface area (Å²) in [6.07, 6.45) is 1.67. The van der Waals surface area contributed by atoms with Gasteiger partial charge in [-0.3, -0.25) is 10.1 Å². The summed E-state index contributed by atoms with van der Waals surface area (Å²) >= 11 is 4.90. The third kappa shape index (κ3) is 3.91. The molecule has 1 rings (SSSR count). The van der Waals surface area contributed by atoms with E-state index in [1.54, 1.807) is 30.3 Å². The summed E-state index contributed by atoms with van der Waals surface area (Å²) in [6, 6.07) is 8.91. The van der Waals surface area contributed by atoms with Crippen molar-refractivity contribution in [2.24, 2.45) is 0 Å². The number of rotatable bonds is 3. The molecule has 1 amide bonds. The van der Waals surface area contributed by atoms with E-state index in [0.29, 0.717) is 17.2 Å². The summed E-state index contributed by atoms with van der Waals surface area (Å²) in [5.74, 6) is -0.211. The summed E-state index contributed by atoms with van der Waals surface area (Å²) in [5, 5.41) is 5.69. The second kappa shape index (κ2) is 5.93. The predicted octanol–water partition coefficient (Wildman–Crippen LogP) is 1.48. The first-order valence-corrected chi connectivity index (χ1v) is 4.90. The molecule has 0 atom stereocenters. The molecule has 1 aromatic carbocycles. The van der Waals surface area contributed by atoms with Crippen molar-refractivity contribution in [3.8, 4) is 0 Å². The predicted molar refractivity (Wildman–Crippen MR) is 64.7 cm³/mol. The van der Waals surface area contributed by atoms with Crippen LogP contribution in [-0.2, 0) is 0 Å². The van der Waals surface area contributed by atoms with E-state index in [1.807, 2.05) is 6.07 Å². The molecule has 4 heteroatoms. The van der Waals surface area contributed by atoms with Gasteiger partial charge in [-0.2, -0.15) is 0 Å². The highest BCUT2D eigenvalue weighted by Crippen LogP contribution is 1.97. The van der Waals surface area contributed by atoms with Gasteiger partial charge in [0, 0.05) is 12.1 Å². The number of hydrogen-bond acceptors (Lipinski definition) is 2. The van der Waals surface area contributed by atoms with Crippen LogP contribution in [-0.4, -0.2) is 17.6 Å². The molecule has 15 heavy (non-hydrogen) atoms. The van der Waals surface area contributed by atoms with E-state index < -0.39 is 0 Å². The van der Waals surface area contributed by atoms with E-state index in [4.69, 9.17) is 12.2 Å². The molecule has 0 fully saturated rings. The van der Waals surface area contributed by atoms with Gasteiger partial charge in [-0.25, -0.2) is 0 Å². The van der Waals surface area contributed by atoms with Crippen molar-refractivity contribution in [2.45, 2.75) is 0 Å². The zero-order valence-corrected chi connectivity index (χ0v) is 9.01. The largest absolute Gasteiger partial charge is 0.359 e. The van der Waals surface area contributed by atoms with Crippen molar-refractivity contribution < 1.29 is 4.79 Å². The van der Waals surface area contributed by atoms with Crippen molar-refractivity contribution >= 4 is 23.2 Å². The van der Waals surface area contributed by atoms with E-state index in [1.165, 1.54) is 0 Å². The van der Waals surface area contributed by atoms with E-state index in [-0.39, 0.29) is 5.91 Å². The summed E-state index contributed by atoms with van der Waals surface area (Å²) in [5.41, 5.74) is 0.584. The van der Waals surface area contributed by atoms with Crippen LogP contribution in [0.5, 0.6) is 0 Å². The fraction of sp³-hybridized carbons (Fsp3) is 0.0909. The summed E-state index contributed by atoms with van der Waals surface area (Å²) in [7, 11) is 0. The topological polar surface area (TPSA) is 41.1 Å². The number of benzene rings is 1. The third-order valence-electron chi connectivity index (χ3n) is 1.67. The SMILES string of the molecule is C=CCNC(=S)NC(=O)c1ccccc1. The zero-order valence-electron chi connectivity index (χ0n) is 8.19. The lowest BCUT2D eigenvalue weighted by Crippen LogP contribution is -2.39. The Labute approximate surface area is 94.2 Å². The average Bonchev–Trinajstić information content (AvgIpc) is 2.27. The van der Waals surface area contributed by atoms with Crippen molar-refractivity contribution in [3.63, 3.8) is 0 Å². The van der Waals surface area contributed by atoms with Gasteiger partial charge < -0.3 is 5.32 Å². The Kier molecular flexibility index (Phi) is 4.50. The molecule has 0 saturated heterocycles. The molecule has 1 aromatic rings. The van der Waals surface area contributed by atoms with Crippen LogP contribution in [0.15, 0.2) is 43.0 Å². The molecule has 0 bridgehead atoms. The Balaban J connectivity index is 2.49. The molecule has 0 aliphatic heterocycles. The van der Waals surface area contributed by atoms with Crippen molar-refractivity contribution in [2.75, 3.05) is 6.54 Å². The standard InChI is InChI=1S/C11H12N2OS/c1-2-8-12-11(15)13-10(14)9-6-4-3-5-7-9/h2-7H,1,8H2,(H2,12,13,14,15). The van der Waals surface area contributed by atoms with Crippen LogP contribution in [0.25, 0.3) is 0 Å². The first-order chi connectivity index (χ1) is 7.24. The van der Waals surface area contributed by atoms with Gasteiger partial charge in [0.05, 0.1) is 0 Å². The minimum absolute atomic E-state index is 0.211. The Morgan fingerprint density at radius 1 is 1.40 bits per heavy atom. The molecule has 3 nitrogen and oxygen atoms in total. The quantitative estimate of drug-likeness (QED) is 0.599. The maximum Gasteiger partial charge on any atom is 0.257 e. The number of nitrogens with one attached hydrogen (secondary N) is 2. The first kappa shape index (κ1) is 11.4. The molecule has 0 radical (unpaired) electrons. The molecule has 0 heterocycles. The van der Waals surface area contributed by atoms with Crippen LogP contribution in [0.3, 0.4) is 0 Å². The van der Waals surface area contributed by atoms with E-state index in [9.17, 15) is 4.79 Å². The maximum absolute atomic E-state index is 11.6. The first-order valence-electron chi connectivity index (χ1n) is 4.49. The molecule has 2 N–H and O–H groups in total. The molecular formula is C11H12N2OS. The van der Waals surface area contributed by atoms with Crippen molar-refractivity contribution in [1.29, 1.82) is 0 Å². The van der Waals surface area contributed by atoms with Gasteiger partial charge in [-0.15, -0.1) is 6.58 Å². The highest BCUT2D eigenvalue weighted by atomic mass is 32.1. The average molecular weight is 220 g/mol. The molecule has 0 aliphatic rings. The number of carbonyl (C=O) groups is 1. The van der Waals surface area contributed by atoms with Crippen LogP contribution in [0.1, 0.15) is 10.4 Å². The van der Waals surface area contributed by atoms with Gasteiger partial charge >= 0.3 is 0 Å². The van der Waals surface area contributed by atoms with Crippen LogP contribution in [0.4, 0.5) is 0 Å². The van der Waals surface area contributed by atoms with E-state index in [0.717, 1.165) is 0 Å². The summed E-state index contributed by atoms with van der Waals surface area (Å²) in [6.45, 7) is 4.07. The Morgan fingerprint density at radius 2 is 2.07 bits per heavy atom. The summed E-state index contributed by atoms with van der Waals surface area (Å²) in [4.78, 5) is 11.6. The minimum Gasteiger partial charge on any atom is -0.359 e. The number of hydrogen-bond donors (Lipinski definition) is 2. The van der Waals surface area contributed by atoms with Crippen LogP contribution in [0.2, 0.25) is 0 Å². The van der Waals surface area contributed by atoms with Crippen LogP contribution >= 0.6 is 12.2 Å². The molecule has 0 saturated carbocycles. The fourth-order valence-electron chi connectivity index (χ4n) is 0.974. The van der Waals surface area contributed by atoms with Crippen LogP contribution < -0.4 is 10.6 Å². The van der Waals surface area contributed by atoms with Gasteiger partial charge in [0.25, 0.3) is 5.91 Å². The Hall–Kier alpha value is -1.68. The van der Waals surface area contributed by atoms with E-state index >= 15 is 0 Å². The zero-order chi connectivity index (χ0) is 11.1. The molecule has 0 aromatic heterocycles. The fourth-order valence-corrected chi connectivity index (χ4v) is 1.15. The van der Waals surface area contributed by atoms with Crippen molar-refractivity contribution in [3.05, 3.63) is 48.6 Å². The third-order valence-corrected chi connectivity index (χ3v) is 1.92. The normalized spacial score (nSPS) is 9.07.